The summed E-state index contributed by atoms with van der Waals surface area (Å²) in [4.78, 5) is 22.8. The zero-order chi connectivity index (χ0) is 9.46. The van der Waals surface area contributed by atoms with Crippen molar-refractivity contribution < 1.29 is 9.59 Å². The van der Waals surface area contributed by atoms with E-state index in [1.165, 1.54) is 0 Å². The van der Waals surface area contributed by atoms with Crippen molar-refractivity contribution in [2.45, 2.75) is 20.8 Å². The predicted octanol–water partition coefficient (Wildman–Crippen LogP) is 2.18. The molecule has 64 valence electrons. The van der Waals surface area contributed by atoms with Gasteiger partial charge in [0.15, 0.2) is 11.6 Å². The molecule has 0 heterocycles. The van der Waals surface area contributed by atoms with E-state index in [1.807, 2.05) is 22.6 Å². The molecular weight excluding hydrogens is 267 g/mol. The van der Waals surface area contributed by atoms with Gasteiger partial charge in [0, 0.05) is 16.7 Å². The average molecular weight is 276 g/mol. The van der Waals surface area contributed by atoms with Crippen LogP contribution in [-0.2, 0) is 9.59 Å². The number of allylic oxidation sites excluding steroid dienone is 4. The molecule has 0 atom stereocenters. The van der Waals surface area contributed by atoms with Crippen LogP contribution in [-0.4, -0.2) is 11.6 Å². The van der Waals surface area contributed by atoms with E-state index in [-0.39, 0.29) is 11.6 Å². The van der Waals surface area contributed by atoms with E-state index in [0.29, 0.717) is 20.3 Å². The number of Topliss-reactive ketones (excluding diaryl/α,β-unsaturated/α-hetero) is 2. The quantitative estimate of drug-likeness (QED) is 0.502. The third kappa shape index (κ3) is 1.26. The summed E-state index contributed by atoms with van der Waals surface area (Å²) in [5.41, 5.74) is 1.73. The zero-order valence-corrected chi connectivity index (χ0v) is 9.35. The van der Waals surface area contributed by atoms with Gasteiger partial charge in [0.05, 0.1) is 3.58 Å². The number of carbonyl (C=O) groups is 2. The van der Waals surface area contributed by atoms with Crippen molar-refractivity contribution >= 4 is 34.2 Å². The number of hydrogen-bond donors (Lipinski definition) is 0. The summed E-state index contributed by atoms with van der Waals surface area (Å²) >= 11 is 1.92. The molecule has 0 aromatic heterocycles. The summed E-state index contributed by atoms with van der Waals surface area (Å²) in [6.45, 7) is 5.08. The van der Waals surface area contributed by atoms with Crippen molar-refractivity contribution in [1.82, 2.24) is 0 Å². The minimum absolute atomic E-state index is 0.00324. The third-order valence-electron chi connectivity index (χ3n) is 2.11. The highest BCUT2D eigenvalue weighted by molar-refractivity contribution is 14.1. The topological polar surface area (TPSA) is 34.1 Å². The van der Waals surface area contributed by atoms with E-state index >= 15 is 0 Å². The van der Waals surface area contributed by atoms with Crippen LogP contribution in [0.4, 0.5) is 0 Å². The lowest BCUT2D eigenvalue weighted by Crippen LogP contribution is -2.17. The van der Waals surface area contributed by atoms with E-state index in [0.717, 1.165) is 0 Å². The molecule has 3 heteroatoms. The molecule has 0 aromatic rings. The van der Waals surface area contributed by atoms with E-state index in [2.05, 4.69) is 0 Å². The molecule has 1 aliphatic rings. The monoisotopic (exact) mass is 276 g/mol. The highest BCUT2D eigenvalue weighted by Gasteiger charge is 2.25. The summed E-state index contributed by atoms with van der Waals surface area (Å²) in [5.74, 6) is -0.0123. The normalized spacial score (nSPS) is 19.3. The van der Waals surface area contributed by atoms with Gasteiger partial charge in [0.25, 0.3) is 0 Å². The molecule has 0 aromatic carbocycles. The molecular formula is C9H9IO2. The molecule has 0 N–H and O–H groups in total. The second-order valence-corrected chi connectivity index (χ2v) is 3.93. The molecule has 0 aliphatic heterocycles. The standard InChI is InChI=1S/C9H9IO2/c1-4-5(2)9(12)7(10)6(3)8(4)11/h1-3H3. The van der Waals surface area contributed by atoms with Crippen LogP contribution in [0.25, 0.3) is 0 Å². The lowest BCUT2D eigenvalue weighted by atomic mass is 9.92. The minimum atomic E-state index is -0.00907. The van der Waals surface area contributed by atoms with Crippen LogP contribution < -0.4 is 0 Å². The molecule has 0 saturated heterocycles. The highest BCUT2D eigenvalue weighted by atomic mass is 127. The Hall–Kier alpha value is -0.450. The number of rotatable bonds is 0. The Morgan fingerprint density at radius 2 is 1.25 bits per heavy atom. The van der Waals surface area contributed by atoms with Crippen molar-refractivity contribution in [3.63, 3.8) is 0 Å². The summed E-state index contributed by atoms with van der Waals surface area (Å²) < 4.78 is 0.556. The number of ketones is 2. The van der Waals surface area contributed by atoms with Crippen LogP contribution >= 0.6 is 22.6 Å². The number of halogens is 1. The molecule has 0 unspecified atom stereocenters. The zero-order valence-electron chi connectivity index (χ0n) is 7.19. The Morgan fingerprint density at radius 1 is 0.833 bits per heavy atom. The van der Waals surface area contributed by atoms with Gasteiger partial charge in [-0.15, -0.1) is 0 Å². The van der Waals surface area contributed by atoms with Crippen molar-refractivity contribution in [3.8, 4) is 0 Å². The Kier molecular flexibility index (Phi) is 2.51. The first-order chi connectivity index (χ1) is 5.46. The maximum atomic E-state index is 11.4. The maximum Gasteiger partial charge on any atom is 0.195 e. The van der Waals surface area contributed by atoms with Crippen LogP contribution in [0, 0.1) is 0 Å². The summed E-state index contributed by atoms with van der Waals surface area (Å²) in [6.07, 6.45) is 0. The molecule has 2 nitrogen and oxygen atoms in total. The minimum Gasteiger partial charge on any atom is -0.289 e. The second-order valence-electron chi connectivity index (χ2n) is 2.85. The van der Waals surface area contributed by atoms with Gasteiger partial charge in [0.1, 0.15) is 0 Å². The van der Waals surface area contributed by atoms with Crippen LogP contribution in [0.5, 0.6) is 0 Å². The summed E-state index contributed by atoms with van der Waals surface area (Å²) in [7, 11) is 0. The largest absolute Gasteiger partial charge is 0.289 e. The van der Waals surface area contributed by atoms with Gasteiger partial charge in [0.2, 0.25) is 0 Å². The van der Waals surface area contributed by atoms with Crippen LogP contribution in [0.15, 0.2) is 20.3 Å². The molecule has 0 radical (unpaired) electrons. The highest BCUT2D eigenvalue weighted by Crippen LogP contribution is 2.27. The molecule has 0 amide bonds. The lowest BCUT2D eigenvalue weighted by Gasteiger charge is -2.13. The SMILES string of the molecule is CC1=C(C)C(=O)C(I)=C(C)C1=O. The van der Waals surface area contributed by atoms with E-state index in [1.54, 1.807) is 20.8 Å². The smallest absolute Gasteiger partial charge is 0.195 e. The Balaban J connectivity index is 3.32. The van der Waals surface area contributed by atoms with Crippen molar-refractivity contribution in [2.75, 3.05) is 0 Å². The van der Waals surface area contributed by atoms with Gasteiger partial charge in [-0.1, -0.05) is 0 Å². The first-order valence-electron chi connectivity index (χ1n) is 3.60. The van der Waals surface area contributed by atoms with Crippen molar-refractivity contribution in [3.05, 3.63) is 20.3 Å². The van der Waals surface area contributed by atoms with E-state index < -0.39 is 0 Å². The van der Waals surface area contributed by atoms with E-state index in [4.69, 9.17) is 0 Å². The van der Waals surface area contributed by atoms with Crippen molar-refractivity contribution in [2.24, 2.45) is 0 Å². The molecule has 0 fully saturated rings. The first-order valence-corrected chi connectivity index (χ1v) is 4.68. The van der Waals surface area contributed by atoms with Gasteiger partial charge in [-0.05, 0) is 43.4 Å². The maximum absolute atomic E-state index is 11.4. The van der Waals surface area contributed by atoms with Gasteiger partial charge >= 0.3 is 0 Å². The van der Waals surface area contributed by atoms with Gasteiger partial charge in [-0.3, -0.25) is 9.59 Å². The Bertz CT molecular complexity index is 272. The lowest BCUT2D eigenvalue weighted by molar-refractivity contribution is -0.115. The molecule has 1 rings (SSSR count). The molecule has 1 aliphatic carbocycles. The Labute approximate surface area is 84.9 Å². The summed E-state index contributed by atoms with van der Waals surface area (Å²) in [5, 5.41) is 0. The van der Waals surface area contributed by atoms with Crippen LogP contribution in [0.2, 0.25) is 0 Å². The second kappa shape index (κ2) is 3.12. The van der Waals surface area contributed by atoms with Gasteiger partial charge < -0.3 is 0 Å². The van der Waals surface area contributed by atoms with Gasteiger partial charge in [-0.2, -0.15) is 0 Å². The summed E-state index contributed by atoms with van der Waals surface area (Å²) in [6, 6.07) is 0. The Morgan fingerprint density at radius 3 is 1.75 bits per heavy atom. The van der Waals surface area contributed by atoms with Crippen LogP contribution in [0.1, 0.15) is 20.8 Å². The fourth-order valence-corrected chi connectivity index (χ4v) is 1.71. The molecule has 12 heavy (non-hydrogen) atoms. The first kappa shape index (κ1) is 9.64. The fourth-order valence-electron chi connectivity index (χ4n) is 1.06. The molecule has 0 spiro atoms. The molecule has 0 bridgehead atoms. The number of hydrogen-bond acceptors (Lipinski definition) is 2. The third-order valence-corrected chi connectivity index (χ3v) is 3.41. The average Bonchev–Trinajstić information content (AvgIpc) is 2.08. The molecule has 0 saturated carbocycles. The van der Waals surface area contributed by atoms with E-state index in [9.17, 15) is 9.59 Å². The van der Waals surface area contributed by atoms with Gasteiger partial charge in [-0.25, -0.2) is 0 Å². The number of carbonyl (C=O) groups excluding carboxylic acids is 2. The fraction of sp³-hybridized carbons (Fsp3) is 0.333. The van der Waals surface area contributed by atoms with Crippen LogP contribution in [0.3, 0.4) is 0 Å². The predicted molar refractivity (Wildman–Crippen MR) is 55.1 cm³/mol. The van der Waals surface area contributed by atoms with Crippen molar-refractivity contribution in [1.29, 1.82) is 0 Å².